The first-order valence-corrected chi connectivity index (χ1v) is 9.30. The molecule has 7 heteroatoms. The molecule has 138 valence electrons. The monoisotopic (exact) mass is 383 g/mol. The molecule has 4 rings (SSSR count). The summed E-state index contributed by atoms with van der Waals surface area (Å²) in [5, 5.41) is 0.975. The summed E-state index contributed by atoms with van der Waals surface area (Å²) in [6.45, 7) is 2.40. The first kappa shape index (κ1) is 17.7. The van der Waals surface area contributed by atoms with Gasteiger partial charge >= 0.3 is 5.69 Å². The van der Waals surface area contributed by atoms with Crippen molar-refractivity contribution in [3.8, 4) is 0 Å². The highest BCUT2D eigenvalue weighted by atomic mass is 35.5. The first-order valence-electron chi connectivity index (χ1n) is 8.93. The summed E-state index contributed by atoms with van der Waals surface area (Å²) in [5.74, 6) is -0.0861. The second-order valence-electron chi connectivity index (χ2n) is 6.84. The van der Waals surface area contributed by atoms with E-state index in [1.54, 1.807) is 12.1 Å². The number of Topliss-reactive ketones (excluding diaryl/α,β-unsaturated/α-hetero) is 1. The molecule has 1 aromatic carbocycles. The van der Waals surface area contributed by atoms with Crippen LogP contribution in [-0.4, -0.2) is 20.3 Å². The molecule has 1 aliphatic rings. The van der Waals surface area contributed by atoms with Gasteiger partial charge in [-0.3, -0.25) is 19.1 Å². The standard InChI is InChI=1S/C20H18ClN3O3/c1-2-7-24-18-17(19(26)23-20(24)27)14-8-12(9-16(25)15(14)10-22-18)11-3-5-13(21)6-4-11/h3-6,10,12H,2,7-9H2,1H3,(H,23,26,27). The number of aromatic nitrogens is 3. The number of carbonyl (C=O) groups is 1. The zero-order valence-electron chi connectivity index (χ0n) is 14.8. The number of nitrogens with one attached hydrogen (secondary N) is 1. The number of benzene rings is 1. The Kier molecular flexibility index (Phi) is 4.44. The van der Waals surface area contributed by atoms with Gasteiger partial charge in [0.25, 0.3) is 5.56 Å². The van der Waals surface area contributed by atoms with Crippen LogP contribution in [0.15, 0.2) is 40.1 Å². The molecular formula is C20H18ClN3O3. The van der Waals surface area contributed by atoms with Crippen LogP contribution in [0.5, 0.6) is 0 Å². The van der Waals surface area contributed by atoms with Crippen molar-refractivity contribution in [2.24, 2.45) is 0 Å². The van der Waals surface area contributed by atoms with Gasteiger partial charge in [0.2, 0.25) is 0 Å². The number of pyridine rings is 1. The smallest absolute Gasteiger partial charge is 0.294 e. The second kappa shape index (κ2) is 6.78. The van der Waals surface area contributed by atoms with Gasteiger partial charge in [-0.1, -0.05) is 30.7 Å². The van der Waals surface area contributed by atoms with Crippen molar-refractivity contribution < 1.29 is 4.79 Å². The predicted molar refractivity (Wildman–Crippen MR) is 104 cm³/mol. The van der Waals surface area contributed by atoms with Crippen molar-refractivity contribution in [2.45, 2.75) is 38.6 Å². The molecule has 0 bridgehead atoms. The average molecular weight is 384 g/mol. The molecule has 3 aromatic rings. The van der Waals surface area contributed by atoms with E-state index in [-0.39, 0.29) is 11.7 Å². The number of aromatic amines is 1. The summed E-state index contributed by atoms with van der Waals surface area (Å²) in [7, 11) is 0. The molecule has 1 unspecified atom stereocenters. The number of H-pyrrole nitrogens is 1. The van der Waals surface area contributed by atoms with Gasteiger partial charge in [0, 0.05) is 29.7 Å². The van der Waals surface area contributed by atoms with E-state index >= 15 is 0 Å². The van der Waals surface area contributed by atoms with Crippen molar-refractivity contribution in [1.29, 1.82) is 0 Å². The molecule has 6 nitrogen and oxygen atoms in total. The molecule has 1 N–H and O–H groups in total. The van der Waals surface area contributed by atoms with E-state index in [0.717, 1.165) is 12.0 Å². The summed E-state index contributed by atoms with van der Waals surface area (Å²) in [6.07, 6.45) is 3.12. The zero-order valence-corrected chi connectivity index (χ0v) is 15.5. The summed E-state index contributed by atoms with van der Waals surface area (Å²) in [6, 6.07) is 7.41. The SMILES string of the molecule is CCCn1c(=O)[nH]c(=O)c2c3c(cnc21)C(=O)CC(c1ccc(Cl)cc1)C3. The highest BCUT2D eigenvalue weighted by Crippen LogP contribution is 2.35. The van der Waals surface area contributed by atoms with Crippen LogP contribution in [0.25, 0.3) is 11.0 Å². The number of nitrogens with zero attached hydrogens (tertiary/aromatic N) is 2. The van der Waals surface area contributed by atoms with Crippen molar-refractivity contribution in [3.05, 3.63) is 73.0 Å². The number of fused-ring (bicyclic) bond motifs is 3. The fraction of sp³-hybridized carbons (Fsp3) is 0.300. The summed E-state index contributed by atoms with van der Waals surface area (Å²) in [4.78, 5) is 44.2. The maximum atomic E-state index is 12.7. The van der Waals surface area contributed by atoms with E-state index in [1.807, 2.05) is 19.1 Å². The number of hydrogen-bond acceptors (Lipinski definition) is 4. The van der Waals surface area contributed by atoms with Crippen LogP contribution in [0, 0.1) is 0 Å². The van der Waals surface area contributed by atoms with Crippen molar-refractivity contribution >= 4 is 28.4 Å². The molecule has 0 spiro atoms. The van der Waals surface area contributed by atoms with Crippen LogP contribution in [-0.2, 0) is 13.0 Å². The van der Waals surface area contributed by atoms with E-state index in [2.05, 4.69) is 9.97 Å². The molecule has 0 amide bonds. The minimum Gasteiger partial charge on any atom is -0.294 e. The molecule has 2 aromatic heterocycles. The van der Waals surface area contributed by atoms with Gasteiger partial charge in [-0.2, -0.15) is 0 Å². The maximum absolute atomic E-state index is 12.7. The van der Waals surface area contributed by atoms with Gasteiger partial charge in [0.1, 0.15) is 5.65 Å². The lowest BCUT2D eigenvalue weighted by molar-refractivity contribution is 0.0964. The fourth-order valence-electron chi connectivity index (χ4n) is 3.81. The Bertz CT molecular complexity index is 1160. The Morgan fingerprint density at radius 2 is 1.93 bits per heavy atom. The third-order valence-corrected chi connectivity index (χ3v) is 5.34. The van der Waals surface area contributed by atoms with E-state index in [0.29, 0.717) is 46.6 Å². The van der Waals surface area contributed by atoms with Crippen LogP contribution in [0.4, 0.5) is 0 Å². The van der Waals surface area contributed by atoms with Crippen molar-refractivity contribution in [1.82, 2.24) is 14.5 Å². The van der Waals surface area contributed by atoms with Crippen LogP contribution in [0.1, 0.15) is 47.2 Å². The van der Waals surface area contributed by atoms with E-state index in [1.165, 1.54) is 10.8 Å². The Morgan fingerprint density at radius 1 is 1.19 bits per heavy atom. The number of rotatable bonds is 3. The molecule has 2 heterocycles. The lowest BCUT2D eigenvalue weighted by Gasteiger charge is -2.25. The quantitative estimate of drug-likeness (QED) is 0.753. The lowest BCUT2D eigenvalue weighted by Crippen LogP contribution is -2.33. The average Bonchev–Trinajstić information content (AvgIpc) is 2.64. The van der Waals surface area contributed by atoms with Crippen LogP contribution in [0.2, 0.25) is 5.02 Å². The second-order valence-corrected chi connectivity index (χ2v) is 7.28. The topological polar surface area (TPSA) is 84.8 Å². The molecule has 0 fully saturated rings. The highest BCUT2D eigenvalue weighted by molar-refractivity contribution is 6.30. The van der Waals surface area contributed by atoms with E-state index < -0.39 is 11.2 Å². The molecule has 1 atom stereocenters. The fourth-order valence-corrected chi connectivity index (χ4v) is 3.94. The van der Waals surface area contributed by atoms with Crippen molar-refractivity contribution in [3.63, 3.8) is 0 Å². The number of ketones is 1. The van der Waals surface area contributed by atoms with Gasteiger partial charge in [0.05, 0.1) is 5.39 Å². The number of halogens is 1. The minimum absolute atomic E-state index is 0.0428. The molecule has 27 heavy (non-hydrogen) atoms. The maximum Gasteiger partial charge on any atom is 0.329 e. The molecule has 0 aliphatic heterocycles. The minimum atomic E-state index is -0.490. The third-order valence-electron chi connectivity index (χ3n) is 5.09. The molecule has 0 saturated heterocycles. The summed E-state index contributed by atoms with van der Waals surface area (Å²) < 4.78 is 1.47. The van der Waals surface area contributed by atoms with Crippen LogP contribution in [0.3, 0.4) is 0 Å². The Morgan fingerprint density at radius 3 is 2.63 bits per heavy atom. The number of carbonyl (C=O) groups excluding carboxylic acids is 1. The van der Waals surface area contributed by atoms with Gasteiger partial charge in [-0.05, 0) is 42.0 Å². The Labute approximate surface area is 159 Å². The Balaban J connectivity index is 1.92. The number of aryl methyl sites for hydroxylation is 1. The first-order chi connectivity index (χ1) is 13.0. The highest BCUT2D eigenvalue weighted by Gasteiger charge is 2.29. The van der Waals surface area contributed by atoms with Crippen LogP contribution < -0.4 is 11.2 Å². The van der Waals surface area contributed by atoms with E-state index in [4.69, 9.17) is 11.6 Å². The largest absolute Gasteiger partial charge is 0.329 e. The summed E-state index contributed by atoms with van der Waals surface area (Å²) in [5.41, 5.74) is 1.52. The van der Waals surface area contributed by atoms with Gasteiger partial charge < -0.3 is 0 Å². The van der Waals surface area contributed by atoms with Gasteiger partial charge in [-0.15, -0.1) is 0 Å². The van der Waals surface area contributed by atoms with Gasteiger partial charge in [0.15, 0.2) is 5.78 Å². The molecule has 0 radical (unpaired) electrons. The molecule has 1 aliphatic carbocycles. The van der Waals surface area contributed by atoms with Gasteiger partial charge in [-0.25, -0.2) is 9.78 Å². The normalized spacial score (nSPS) is 16.5. The Hall–Kier alpha value is -2.73. The van der Waals surface area contributed by atoms with E-state index in [9.17, 15) is 14.4 Å². The zero-order chi connectivity index (χ0) is 19.1. The van der Waals surface area contributed by atoms with Crippen molar-refractivity contribution in [2.75, 3.05) is 0 Å². The molecular weight excluding hydrogens is 366 g/mol. The number of hydrogen-bond donors (Lipinski definition) is 1. The lowest BCUT2D eigenvalue weighted by atomic mass is 9.79. The molecule has 0 saturated carbocycles. The summed E-state index contributed by atoms with van der Waals surface area (Å²) >= 11 is 5.97. The third kappa shape index (κ3) is 3.00. The van der Waals surface area contributed by atoms with Crippen LogP contribution >= 0.6 is 11.6 Å². The predicted octanol–water partition coefficient (Wildman–Crippen LogP) is 3.06.